The summed E-state index contributed by atoms with van der Waals surface area (Å²) in [5.41, 5.74) is 13.0. The third-order valence-electron chi connectivity index (χ3n) is 10.1. The zero-order valence-corrected chi connectivity index (χ0v) is 22.1. The molecule has 10 rings (SSSR count). The van der Waals surface area contributed by atoms with Crippen molar-refractivity contribution in [1.29, 1.82) is 0 Å². The van der Waals surface area contributed by atoms with Crippen LogP contribution in [0.25, 0.3) is 33.1 Å². The molecule has 2 heteroatoms. The minimum atomic E-state index is 0.0483. The quantitative estimate of drug-likeness (QED) is 0.234. The summed E-state index contributed by atoms with van der Waals surface area (Å²) < 4.78 is 6.73. The van der Waals surface area contributed by atoms with Crippen LogP contribution in [0.2, 0.25) is 0 Å². The third kappa shape index (κ3) is 2.71. The SMILES string of the molecule is CC12CCC3(CC1)c1ccc4c(oc5ccccc54)c1N(c1ccc(-c4ccccc4)cc1)c1cccc2c13. The van der Waals surface area contributed by atoms with E-state index >= 15 is 0 Å². The van der Waals surface area contributed by atoms with Crippen LogP contribution < -0.4 is 4.90 Å². The Morgan fingerprint density at radius 2 is 1.36 bits per heavy atom. The fourth-order valence-corrected chi connectivity index (χ4v) is 8.09. The van der Waals surface area contributed by atoms with E-state index in [1.807, 2.05) is 0 Å². The molecule has 1 aliphatic heterocycles. The van der Waals surface area contributed by atoms with Gasteiger partial charge in [0.1, 0.15) is 5.58 Å². The molecule has 0 radical (unpaired) electrons. The van der Waals surface area contributed by atoms with Crippen molar-refractivity contribution < 1.29 is 4.42 Å². The maximum absolute atomic E-state index is 6.73. The number of rotatable bonds is 2. The Bertz CT molecular complexity index is 1920. The summed E-state index contributed by atoms with van der Waals surface area (Å²) in [6.45, 7) is 2.49. The van der Waals surface area contributed by atoms with Crippen LogP contribution in [0.3, 0.4) is 0 Å². The normalized spacial score (nSPS) is 22.7. The largest absolute Gasteiger partial charge is 0.454 e. The van der Waals surface area contributed by atoms with Crippen LogP contribution >= 0.6 is 0 Å². The molecule has 0 atom stereocenters. The molecule has 1 saturated carbocycles. The summed E-state index contributed by atoms with van der Waals surface area (Å²) in [5.74, 6) is 0. The molecule has 2 nitrogen and oxygen atoms in total. The van der Waals surface area contributed by atoms with Gasteiger partial charge in [-0.1, -0.05) is 91.9 Å². The zero-order valence-electron chi connectivity index (χ0n) is 22.1. The van der Waals surface area contributed by atoms with Crippen molar-refractivity contribution in [3.8, 4) is 11.1 Å². The molecule has 1 fully saturated rings. The van der Waals surface area contributed by atoms with Crippen molar-refractivity contribution in [1.82, 2.24) is 0 Å². The highest BCUT2D eigenvalue weighted by Crippen LogP contribution is 2.66. The lowest BCUT2D eigenvalue weighted by Crippen LogP contribution is -2.49. The van der Waals surface area contributed by atoms with E-state index in [4.69, 9.17) is 4.42 Å². The van der Waals surface area contributed by atoms with Crippen molar-refractivity contribution in [2.24, 2.45) is 0 Å². The van der Waals surface area contributed by atoms with Gasteiger partial charge in [-0.15, -0.1) is 0 Å². The molecule has 0 amide bonds. The van der Waals surface area contributed by atoms with E-state index in [2.05, 4.69) is 121 Å². The third-order valence-corrected chi connectivity index (χ3v) is 10.1. The fraction of sp³-hybridized carbons (Fsp3) is 0.189. The van der Waals surface area contributed by atoms with Gasteiger partial charge in [-0.3, -0.25) is 0 Å². The number of nitrogens with zero attached hydrogens (tertiary/aromatic N) is 1. The topological polar surface area (TPSA) is 16.4 Å². The first-order chi connectivity index (χ1) is 19.2. The van der Waals surface area contributed by atoms with E-state index in [-0.39, 0.29) is 10.8 Å². The smallest absolute Gasteiger partial charge is 0.159 e. The number of hydrogen-bond acceptors (Lipinski definition) is 2. The van der Waals surface area contributed by atoms with E-state index in [0.29, 0.717) is 0 Å². The number of anilines is 3. The van der Waals surface area contributed by atoms with Gasteiger partial charge in [0.25, 0.3) is 0 Å². The van der Waals surface area contributed by atoms with E-state index in [9.17, 15) is 0 Å². The predicted octanol–water partition coefficient (Wildman–Crippen LogP) is 10.2. The molecule has 3 aliphatic carbocycles. The monoisotopic (exact) mass is 503 g/mol. The van der Waals surface area contributed by atoms with Gasteiger partial charge < -0.3 is 9.32 Å². The van der Waals surface area contributed by atoms with Crippen molar-refractivity contribution in [2.45, 2.75) is 43.4 Å². The highest BCUT2D eigenvalue weighted by molar-refractivity contribution is 6.12. The van der Waals surface area contributed by atoms with Gasteiger partial charge in [-0.05, 0) is 83.2 Å². The lowest BCUT2D eigenvalue weighted by Gasteiger charge is -2.57. The highest BCUT2D eigenvalue weighted by atomic mass is 16.3. The maximum atomic E-state index is 6.73. The van der Waals surface area contributed by atoms with Gasteiger partial charge in [0.05, 0.1) is 11.4 Å². The van der Waals surface area contributed by atoms with Gasteiger partial charge in [0, 0.05) is 21.9 Å². The van der Waals surface area contributed by atoms with Crippen molar-refractivity contribution in [3.63, 3.8) is 0 Å². The van der Waals surface area contributed by atoms with Crippen molar-refractivity contribution in [2.75, 3.05) is 4.90 Å². The minimum absolute atomic E-state index is 0.0483. The molecule has 4 aliphatic rings. The van der Waals surface area contributed by atoms with E-state index < -0.39 is 0 Å². The van der Waals surface area contributed by atoms with Gasteiger partial charge >= 0.3 is 0 Å². The zero-order chi connectivity index (χ0) is 25.8. The Balaban J connectivity index is 1.36. The molecule has 1 aromatic heterocycles. The van der Waals surface area contributed by atoms with Crippen molar-refractivity contribution >= 4 is 39.0 Å². The molecule has 188 valence electrons. The summed E-state index contributed by atoms with van der Waals surface area (Å²) in [5, 5.41) is 2.38. The minimum Gasteiger partial charge on any atom is -0.454 e. The van der Waals surface area contributed by atoms with E-state index in [0.717, 1.165) is 11.2 Å². The summed E-state index contributed by atoms with van der Waals surface area (Å²) in [7, 11) is 0. The van der Waals surface area contributed by atoms with Gasteiger partial charge in [0.15, 0.2) is 5.58 Å². The number of fused-ring (bicyclic) bond motifs is 7. The molecule has 2 heterocycles. The number of para-hydroxylation sites is 1. The Morgan fingerprint density at radius 3 is 2.18 bits per heavy atom. The van der Waals surface area contributed by atoms with Gasteiger partial charge in [0.2, 0.25) is 0 Å². The first-order valence-electron chi connectivity index (χ1n) is 14.2. The average Bonchev–Trinajstić information content (AvgIpc) is 3.38. The molecular weight excluding hydrogens is 474 g/mol. The summed E-state index contributed by atoms with van der Waals surface area (Å²) in [6.07, 6.45) is 4.89. The van der Waals surface area contributed by atoms with E-state index in [1.54, 1.807) is 11.1 Å². The van der Waals surface area contributed by atoms with Crippen LogP contribution in [-0.2, 0) is 10.8 Å². The number of hydrogen-bond donors (Lipinski definition) is 0. The fourth-order valence-electron chi connectivity index (χ4n) is 8.09. The Morgan fingerprint density at radius 1 is 0.615 bits per heavy atom. The average molecular weight is 504 g/mol. The van der Waals surface area contributed by atoms with Crippen LogP contribution in [0.4, 0.5) is 17.1 Å². The molecule has 2 bridgehead atoms. The lowest BCUT2D eigenvalue weighted by atomic mass is 9.49. The molecule has 39 heavy (non-hydrogen) atoms. The predicted molar refractivity (Wildman–Crippen MR) is 160 cm³/mol. The maximum Gasteiger partial charge on any atom is 0.159 e. The second-order valence-corrected chi connectivity index (χ2v) is 12.0. The van der Waals surface area contributed by atoms with Crippen LogP contribution in [0.15, 0.2) is 114 Å². The van der Waals surface area contributed by atoms with Gasteiger partial charge in [-0.2, -0.15) is 0 Å². The standard InChI is InChI=1S/C37H29NO/c1-36-20-22-37(23-21-36)30-19-18-28-27-10-5-6-13-32(27)39-35(28)34(30)38(31-12-7-11-29(36)33(31)37)26-16-14-25(15-17-26)24-8-3-2-4-9-24/h2-19H,20-23H2,1H3. The second-order valence-electron chi connectivity index (χ2n) is 12.0. The summed E-state index contributed by atoms with van der Waals surface area (Å²) in [4.78, 5) is 2.50. The second kappa shape index (κ2) is 7.42. The Hall–Kier alpha value is -4.30. The Labute approximate surface area is 228 Å². The highest BCUT2D eigenvalue weighted by Gasteiger charge is 2.55. The lowest BCUT2D eigenvalue weighted by molar-refractivity contribution is 0.203. The number of benzene rings is 5. The number of furan rings is 1. The van der Waals surface area contributed by atoms with Gasteiger partial charge in [-0.25, -0.2) is 0 Å². The first kappa shape index (κ1) is 21.6. The Kier molecular flexibility index (Phi) is 4.11. The van der Waals surface area contributed by atoms with Crippen LogP contribution in [0, 0.1) is 0 Å². The van der Waals surface area contributed by atoms with E-state index in [1.165, 1.54) is 70.2 Å². The molecular formula is C37H29NO. The molecule has 5 aromatic carbocycles. The summed E-state index contributed by atoms with van der Waals surface area (Å²) >= 11 is 0. The molecule has 1 spiro atoms. The molecule has 0 unspecified atom stereocenters. The molecule has 0 N–H and O–H groups in total. The van der Waals surface area contributed by atoms with Crippen molar-refractivity contribution in [3.05, 3.63) is 126 Å². The molecule has 6 aromatic rings. The van der Waals surface area contributed by atoms with Crippen LogP contribution in [-0.4, -0.2) is 0 Å². The first-order valence-corrected chi connectivity index (χ1v) is 14.2. The summed E-state index contributed by atoms with van der Waals surface area (Å²) in [6, 6.07) is 40.0. The van der Waals surface area contributed by atoms with Crippen LogP contribution in [0.1, 0.15) is 49.3 Å². The van der Waals surface area contributed by atoms with Crippen LogP contribution in [0.5, 0.6) is 0 Å². The molecule has 0 saturated heterocycles.